The minimum atomic E-state index is -0.949. The van der Waals surface area contributed by atoms with E-state index < -0.39 is 12.1 Å². The fraction of sp³-hybridized carbons (Fsp3) is 0.167. The monoisotopic (exact) mass is 390 g/mol. The number of thioether (sulfide) groups is 1. The third-order valence-electron chi connectivity index (χ3n) is 4.34. The van der Waals surface area contributed by atoms with Crippen LogP contribution in [0.15, 0.2) is 83.8 Å². The van der Waals surface area contributed by atoms with Crippen molar-refractivity contribution in [2.24, 2.45) is 0 Å². The van der Waals surface area contributed by atoms with E-state index in [0.29, 0.717) is 11.1 Å². The van der Waals surface area contributed by atoms with Crippen molar-refractivity contribution < 1.29 is 14.3 Å². The molecule has 0 saturated carbocycles. The molecule has 0 heterocycles. The number of rotatable bonds is 7. The minimum Gasteiger partial charge on any atom is -0.448 e. The Hall–Kier alpha value is -2.85. The largest absolute Gasteiger partial charge is 0.448 e. The van der Waals surface area contributed by atoms with Crippen molar-refractivity contribution >= 4 is 23.5 Å². The number of hydrogen-bond acceptors (Lipinski definition) is 4. The van der Waals surface area contributed by atoms with Gasteiger partial charge in [0.2, 0.25) is 5.78 Å². The zero-order valence-electron chi connectivity index (χ0n) is 15.9. The van der Waals surface area contributed by atoms with Gasteiger partial charge in [0, 0.05) is 16.0 Å². The number of aryl methyl sites for hydroxylation is 2. The number of carbonyl (C=O) groups is 2. The Balaban J connectivity index is 1.75. The van der Waals surface area contributed by atoms with E-state index in [2.05, 4.69) is 6.07 Å². The summed E-state index contributed by atoms with van der Waals surface area (Å²) in [7, 11) is 0. The average Bonchev–Trinajstić information content (AvgIpc) is 2.73. The van der Waals surface area contributed by atoms with Gasteiger partial charge in [-0.3, -0.25) is 9.59 Å². The molecule has 0 aromatic heterocycles. The van der Waals surface area contributed by atoms with E-state index in [1.165, 1.54) is 11.8 Å². The molecule has 3 aromatic rings. The van der Waals surface area contributed by atoms with Crippen LogP contribution in [0.2, 0.25) is 0 Å². The molecule has 142 valence electrons. The molecule has 0 aliphatic carbocycles. The molecule has 0 spiro atoms. The summed E-state index contributed by atoms with van der Waals surface area (Å²) in [4.78, 5) is 26.6. The van der Waals surface area contributed by atoms with E-state index >= 15 is 0 Å². The van der Waals surface area contributed by atoms with Crippen molar-refractivity contribution in [1.82, 2.24) is 0 Å². The maximum absolute atomic E-state index is 13.0. The Morgan fingerprint density at radius 1 is 0.893 bits per heavy atom. The quantitative estimate of drug-likeness (QED) is 0.301. The molecule has 3 nitrogen and oxygen atoms in total. The first-order valence-corrected chi connectivity index (χ1v) is 10.1. The number of ketones is 1. The number of hydrogen-bond donors (Lipinski definition) is 0. The maximum Gasteiger partial charge on any atom is 0.317 e. The highest BCUT2D eigenvalue weighted by Gasteiger charge is 2.26. The van der Waals surface area contributed by atoms with Crippen LogP contribution >= 0.6 is 11.8 Å². The van der Waals surface area contributed by atoms with Gasteiger partial charge in [-0.05, 0) is 25.5 Å². The second kappa shape index (κ2) is 9.38. The van der Waals surface area contributed by atoms with Crippen molar-refractivity contribution in [3.8, 4) is 0 Å². The van der Waals surface area contributed by atoms with Crippen molar-refractivity contribution in [3.05, 3.63) is 101 Å². The second-order valence-electron chi connectivity index (χ2n) is 6.57. The Labute approximate surface area is 169 Å². The summed E-state index contributed by atoms with van der Waals surface area (Å²) in [5.74, 6) is -0.490. The van der Waals surface area contributed by atoms with Crippen LogP contribution in [0.1, 0.15) is 33.2 Å². The normalized spacial score (nSPS) is 11.6. The van der Waals surface area contributed by atoms with Crippen LogP contribution in [-0.2, 0) is 9.53 Å². The minimum absolute atomic E-state index is 0.149. The molecule has 28 heavy (non-hydrogen) atoms. The fourth-order valence-electron chi connectivity index (χ4n) is 2.82. The lowest BCUT2D eigenvalue weighted by atomic mass is 10.00. The molecule has 0 aliphatic rings. The SMILES string of the molecule is Cc1ccc(C)c(SCC(=O)OC(C(=O)c2ccccc2)c2ccccc2)c1. The summed E-state index contributed by atoms with van der Waals surface area (Å²) in [5.41, 5.74) is 3.44. The Kier molecular flexibility index (Phi) is 6.66. The number of esters is 1. The second-order valence-corrected chi connectivity index (χ2v) is 7.59. The van der Waals surface area contributed by atoms with E-state index in [-0.39, 0.29) is 11.5 Å². The molecular formula is C24H22O3S. The molecule has 1 unspecified atom stereocenters. The molecule has 4 heteroatoms. The first-order valence-electron chi connectivity index (χ1n) is 9.08. The summed E-state index contributed by atoms with van der Waals surface area (Å²) in [6.07, 6.45) is -0.949. The van der Waals surface area contributed by atoms with Crippen molar-refractivity contribution in [2.45, 2.75) is 24.8 Å². The van der Waals surface area contributed by atoms with Crippen LogP contribution in [0.5, 0.6) is 0 Å². The van der Waals surface area contributed by atoms with E-state index in [1.54, 1.807) is 36.4 Å². The van der Waals surface area contributed by atoms with Gasteiger partial charge in [0.1, 0.15) is 0 Å². The van der Waals surface area contributed by atoms with Crippen LogP contribution < -0.4 is 0 Å². The van der Waals surface area contributed by atoms with Crippen molar-refractivity contribution in [2.75, 3.05) is 5.75 Å². The third kappa shape index (κ3) is 5.11. The standard InChI is InChI=1S/C24H22O3S/c1-17-13-14-18(2)21(15-17)28-16-22(25)27-24(20-11-7-4-8-12-20)23(26)19-9-5-3-6-10-19/h3-15,24H,16H2,1-2H3. The van der Waals surface area contributed by atoms with E-state index in [0.717, 1.165) is 16.0 Å². The van der Waals surface area contributed by atoms with Crippen molar-refractivity contribution in [1.29, 1.82) is 0 Å². The van der Waals surface area contributed by atoms with Crippen LogP contribution in [0.25, 0.3) is 0 Å². The molecule has 0 N–H and O–H groups in total. The van der Waals surface area contributed by atoms with Gasteiger partial charge in [0.15, 0.2) is 6.10 Å². The van der Waals surface area contributed by atoms with Crippen LogP contribution in [0.4, 0.5) is 0 Å². The number of Topliss-reactive ketones (excluding diaryl/α,β-unsaturated/α-hetero) is 1. The maximum atomic E-state index is 13.0. The molecule has 0 amide bonds. The van der Waals surface area contributed by atoms with Gasteiger partial charge in [-0.2, -0.15) is 0 Å². The molecule has 0 saturated heterocycles. The van der Waals surface area contributed by atoms with Gasteiger partial charge < -0.3 is 4.74 Å². The molecule has 3 aromatic carbocycles. The summed E-state index contributed by atoms with van der Waals surface area (Å²) in [5, 5.41) is 0. The molecule has 0 aliphatic heterocycles. The first-order chi connectivity index (χ1) is 13.5. The molecule has 0 radical (unpaired) electrons. The van der Waals surface area contributed by atoms with Gasteiger partial charge in [0.05, 0.1) is 5.75 Å². The van der Waals surface area contributed by atoms with E-state index in [9.17, 15) is 9.59 Å². The summed E-state index contributed by atoms with van der Waals surface area (Å²) in [6.45, 7) is 4.03. The van der Waals surface area contributed by atoms with Crippen molar-refractivity contribution in [3.63, 3.8) is 0 Å². The van der Waals surface area contributed by atoms with Gasteiger partial charge in [-0.25, -0.2) is 0 Å². The number of benzene rings is 3. The Morgan fingerprint density at radius 3 is 2.21 bits per heavy atom. The lowest BCUT2D eigenvalue weighted by molar-refractivity contribution is -0.144. The first kappa shape index (κ1) is 19.9. The summed E-state index contributed by atoms with van der Waals surface area (Å²) >= 11 is 1.43. The van der Waals surface area contributed by atoms with Gasteiger partial charge >= 0.3 is 5.97 Å². The summed E-state index contributed by atoms with van der Waals surface area (Å²) in [6, 6.07) is 24.2. The predicted octanol–water partition coefficient (Wildman–Crippen LogP) is 5.56. The van der Waals surface area contributed by atoms with E-state index in [1.807, 2.05) is 50.2 Å². The van der Waals surface area contributed by atoms with Crippen LogP contribution in [0.3, 0.4) is 0 Å². The Morgan fingerprint density at radius 2 is 1.54 bits per heavy atom. The third-order valence-corrected chi connectivity index (χ3v) is 5.47. The average molecular weight is 391 g/mol. The molecule has 0 bridgehead atoms. The fourth-order valence-corrected chi connectivity index (χ4v) is 3.73. The zero-order chi connectivity index (χ0) is 19.9. The highest BCUT2D eigenvalue weighted by Crippen LogP contribution is 2.26. The molecular weight excluding hydrogens is 368 g/mol. The Bertz CT molecular complexity index is 952. The van der Waals surface area contributed by atoms with Crippen LogP contribution in [0, 0.1) is 13.8 Å². The highest BCUT2D eigenvalue weighted by molar-refractivity contribution is 8.00. The summed E-state index contributed by atoms with van der Waals surface area (Å²) < 4.78 is 5.64. The smallest absolute Gasteiger partial charge is 0.317 e. The lowest BCUT2D eigenvalue weighted by Crippen LogP contribution is -2.21. The topological polar surface area (TPSA) is 43.4 Å². The number of carbonyl (C=O) groups excluding carboxylic acids is 2. The lowest BCUT2D eigenvalue weighted by Gasteiger charge is -2.17. The highest BCUT2D eigenvalue weighted by atomic mass is 32.2. The van der Waals surface area contributed by atoms with Gasteiger partial charge in [-0.1, -0.05) is 78.4 Å². The molecule has 3 rings (SSSR count). The predicted molar refractivity (Wildman–Crippen MR) is 113 cm³/mol. The van der Waals surface area contributed by atoms with Gasteiger partial charge in [-0.15, -0.1) is 11.8 Å². The molecule has 0 fully saturated rings. The molecule has 1 atom stereocenters. The zero-order valence-corrected chi connectivity index (χ0v) is 16.7. The van der Waals surface area contributed by atoms with Crippen LogP contribution in [-0.4, -0.2) is 17.5 Å². The number of ether oxygens (including phenoxy) is 1. The van der Waals surface area contributed by atoms with E-state index in [4.69, 9.17) is 4.74 Å². The van der Waals surface area contributed by atoms with Gasteiger partial charge in [0.25, 0.3) is 0 Å².